The first-order chi connectivity index (χ1) is 14.2. The molecule has 0 spiro atoms. The number of allylic oxidation sites excluding steroid dienone is 4. The molecule has 2 saturated carbocycles. The third-order valence-electron chi connectivity index (χ3n) is 9.09. The molecule has 0 amide bonds. The predicted molar refractivity (Wildman–Crippen MR) is 126 cm³/mol. The number of fused-ring (bicyclic) bond motifs is 5. The van der Waals surface area contributed by atoms with E-state index in [1.807, 2.05) is 6.08 Å². The molecule has 5 unspecified atom stereocenters. The van der Waals surface area contributed by atoms with Crippen molar-refractivity contribution in [2.75, 3.05) is 6.61 Å². The Labute approximate surface area is 185 Å². The quantitative estimate of drug-likeness (QED) is 0.520. The topological polar surface area (TPSA) is 37.3 Å². The molecule has 1 N–H and O–H groups in total. The minimum absolute atomic E-state index is 0.275. The van der Waals surface area contributed by atoms with Gasteiger partial charge in [-0.1, -0.05) is 66.0 Å². The first kappa shape index (κ1) is 23.8. The van der Waals surface area contributed by atoms with Crippen molar-refractivity contribution in [2.24, 2.45) is 40.4 Å². The van der Waals surface area contributed by atoms with Gasteiger partial charge in [0, 0.05) is 13.0 Å². The minimum atomic E-state index is 0.275. The van der Waals surface area contributed by atoms with Gasteiger partial charge in [0.15, 0.2) is 5.78 Å². The Bertz CT molecular complexity index is 660. The van der Waals surface area contributed by atoms with E-state index in [-0.39, 0.29) is 5.41 Å². The third-order valence-corrected chi connectivity index (χ3v) is 9.09. The van der Waals surface area contributed by atoms with Crippen molar-refractivity contribution in [3.05, 3.63) is 23.8 Å². The molecular formula is C28H46O2. The zero-order chi connectivity index (χ0) is 21.9. The number of aliphatic hydroxyl groups is 1. The van der Waals surface area contributed by atoms with Crippen LogP contribution in [0, 0.1) is 40.4 Å². The second-order valence-electron chi connectivity index (χ2n) is 11.8. The van der Waals surface area contributed by atoms with E-state index in [2.05, 4.69) is 46.8 Å². The molecule has 2 heteroatoms. The number of carbonyl (C=O) groups is 1. The Morgan fingerprint density at radius 1 is 1.07 bits per heavy atom. The van der Waals surface area contributed by atoms with Crippen LogP contribution >= 0.6 is 0 Å². The van der Waals surface area contributed by atoms with Crippen LogP contribution in [0.3, 0.4) is 0 Å². The molecule has 4 aliphatic carbocycles. The van der Waals surface area contributed by atoms with Crippen LogP contribution in [0.2, 0.25) is 0 Å². The zero-order valence-corrected chi connectivity index (χ0v) is 20.3. The van der Waals surface area contributed by atoms with E-state index in [1.165, 1.54) is 56.9 Å². The molecule has 30 heavy (non-hydrogen) atoms. The molecule has 0 heterocycles. The summed E-state index contributed by atoms with van der Waals surface area (Å²) in [6.07, 6.45) is 19.4. The molecule has 2 nitrogen and oxygen atoms in total. The lowest BCUT2D eigenvalue weighted by atomic mass is 9.49. The highest BCUT2D eigenvalue weighted by Gasteiger charge is 2.54. The molecule has 0 radical (unpaired) electrons. The maximum Gasteiger partial charge on any atom is 0.156 e. The summed E-state index contributed by atoms with van der Waals surface area (Å²) >= 11 is 0. The van der Waals surface area contributed by atoms with E-state index in [4.69, 9.17) is 5.11 Å². The van der Waals surface area contributed by atoms with Crippen LogP contribution < -0.4 is 0 Å². The van der Waals surface area contributed by atoms with Crippen molar-refractivity contribution >= 4 is 5.78 Å². The zero-order valence-electron chi connectivity index (χ0n) is 20.3. The van der Waals surface area contributed by atoms with Crippen LogP contribution in [0.5, 0.6) is 0 Å². The van der Waals surface area contributed by atoms with Crippen LogP contribution in [0.4, 0.5) is 0 Å². The van der Waals surface area contributed by atoms with Gasteiger partial charge in [-0.15, -0.1) is 0 Å². The van der Waals surface area contributed by atoms with Crippen LogP contribution in [0.1, 0.15) is 98.8 Å². The average molecular weight is 415 g/mol. The van der Waals surface area contributed by atoms with Crippen molar-refractivity contribution in [1.82, 2.24) is 0 Å². The number of ketones is 1. The molecule has 0 bridgehead atoms. The van der Waals surface area contributed by atoms with Crippen molar-refractivity contribution < 1.29 is 9.90 Å². The summed E-state index contributed by atoms with van der Waals surface area (Å²) in [5.41, 5.74) is 2.21. The number of hydrogen-bond donors (Lipinski definition) is 1. The van der Waals surface area contributed by atoms with Crippen molar-refractivity contribution in [3.8, 4) is 0 Å². The Morgan fingerprint density at radius 2 is 1.83 bits per heavy atom. The van der Waals surface area contributed by atoms with E-state index >= 15 is 0 Å². The Kier molecular flexibility index (Phi) is 7.70. The first-order valence-electron chi connectivity index (χ1n) is 12.7. The standard InChI is InChI=1S/C19H26O.C9H20O/c1-18-9-3-4-16(18)15-6-5-13-12-14(20)7-11-19(13,2)17(15)8-10-18;1-8(2)5-4-6-9(3)7-10/h5-6,12,15-17H,3-4,7-11H2,1-2H3;8-10H,4-7H2,1-3H3/t;9-/m.1/s1. The summed E-state index contributed by atoms with van der Waals surface area (Å²) in [7, 11) is 0. The van der Waals surface area contributed by atoms with Crippen molar-refractivity contribution in [1.29, 1.82) is 0 Å². The third kappa shape index (κ3) is 4.95. The van der Waals surface area contributed by atoms with Gasteiger partial charge in [-0.25, -0.2) is 0 Å². The van der Waals surface area contributed by atoms with Gasteiger partial charge in [-0.05, 0) is 90.6 Å². The number of carbonyl (C=O) groups excluding carboxylic acids is 1. The largest absolute Gasteiger partial charge is 0.396 e. The highest BCUT2D eigenvalue weighted by molar-refractivity contribution is 5.92. The lowest BCUT2D eigenvalue weighted by molar-refractivity contribution is -0.116. The monoisotopic (exact) mass is 414 g/mol. The van der Waals surface area contributed by atoms with Crippen molar-refractivity contribution in [3.63, 3.8) is 0 Å². The molecule has 0 aromatic rings. The molecule has 4 rings (SSSR count). The van der Waals surface area contributed by atoms with E-state index in [0.717, 1.165) is 36.5 Å². The van der Waals surface area contributed by atoms with Gasteiger partial charge >= 0.3 is 0 Å². The van der Waals surface area contributed by atoms with Gasteiger partial charge in [0.1, 0.15) is 0 Å². The second-order valence-corrected chi connectivity index (χ2v) is 11.8. The van der Waals surface area contributed by atoms with Gasteiger partial charge < -0.3 is 5.11 Å². The van der Waals surface area contributed by atoms with E-state index in [1.54, 1.807) is 0 Å². The molecule has 4 aliphatic rings. The predicted octanol–water partition coefficient (Wildman–Crippen LogP) is 7.13. The summed E-state index contributed by atoms with van der Waals surface area (Å²) in [6, 6.07) is 0. The molecule has 0 aliphatic heterocycles. The summed E-state index contributed by atoms with van der Waals surface area (Å²) < 4.78 is 0. The molecule has 2 fully saturated rings. The van der Waals surface area contributed by atoms with Crippen LogP contribution in [0.25, 0.3) is 0 Å². The normalized spacial score (nSPS) is 38.2. The Balaban J connectivity index is 0.000000220. The number of aliphatic hydroxyl groups excluding tert-OH is 1. The summed E-state index contributed by atoms with van der Waals surface area (Å²) in [6.45, 7) is 11.9. The maximum absolute atomic E-state index is 11.7. The molecule has 0 aromatic heterocycles. The summed E-state index contributed by atoms with van der Waals surface area (Å²) in [4.78, 5) is 11.7. The fourth-order valence-corrected chi connectivity index (χ4v) is 6.95. The second kappa shape index (κ2) is 9.72. The molecule has 170 valence electrons. The molecule has 6 atom stereocenters. The average Bonchev–Trinajstić information content (AvgIpc) is 3.10. The van der Waals surface area contributed by atoms with Gasteiger partial charge in [-0.2, -0.15) is 0 Å². The van der Waals surface area contributed by atoms with Gasteiger partial charge in [-0.3, -0.25) is 4.79 Å². The van der Waals surface area contributed by atoms with Crippen LogP contribution in [-0.4, -0.2) is 17.5 Å². The Hall–Kier alpha value is -0.890. The minimum Gasteiger partial charge on any atom is -0.396 e. The lowest BCUT2D eigenvalue weighted by Crippen LogP contribution is -2.47. The lowest BCUT2D eigenvalue weighted by Gasteiger charge is -2.55. The smallest absolute Gasteiger partial charge is 0.156 e. The first-order valence-corrected chi connectivity index (χ1v) is 12.7. The molecule has 0 saturated heterocycles. The number of hydrogen-bond acceptors (Lipinski definition) is 2. The van der Waals surface area contributed by atoms with E-state index in [0.29, 0.717) is 23.7 Å². The summed E-state index contributed by atoms with van der Waals surface area (Å²) in [5.74, 6) is 4.09. The van der Waals surface area contributed by atoms with E-state index < -0.39 is 0 Å². The van der Waals surface area contributed by atoms with E-state index in [9.17, 15) is 4.79 Å². The highest BCUT2D eigenvalue weighted by atomic mass is 16.3. The fraction of sp³-hybridized carbons (Fsp3) is 0.821. The van der Waals surface area contributed by atoms with Crippen molar-refractivity contribution in [2.45, 2.75) is 98.8 Å². The SMILES string of the molecule is CC(C)CCC[C@@H](C)CO.CC12CCCC1C1C=CC3=CC(=O)CCC3(C)C1CC2. The number of rotatable bonds is 5. The Morgan fingerprint density at radius 3 is 2.53 bits per heavy atom. The highest BCUT2D eigenvalue weighted by Crippen LogP contribution is 2.63. The van der Waals surface area contributed by atoms with Crippen LogP contribution in [-0.2, 0) is 4.79 Å². The molecule has 0 aromatic carbocycles. The maximum atomic E-state index is 11.7. The van der Waals surface area contributed by atoms with Gasteiger partial charge in [0.25, 0.3) is 0 Å². The molecular weight excluding hydrogens is 368 g/mol. The van der Waals surface area contributed by atoms with Crippen LogP contribution in [0.15, 0.2) is 23.8 Å². The fourth-order valence-electron chi connectivity index (χ4n) is 6.95. The van der Waals surface area contributed by atoms with Gasteiger partial charge in [0.05, 0.1) is 0 Å². The summed E-state index contributed by atoms with van der Waals surface area (Å²) in [5, 5.41) is 8.70. The van der Waals surface area contributed by atoms with Gasteiger partial charge in [0.2, 0.25) is 0 Å².